The molecule has 0 saturated heterocycles. The SMILES string of the molecule is COC(c1ccc(SCC(=O)O)cc1)C(C)C. The fraction of sp³-hybridized carbons (Fsp3) is 0.462. The first-order valence-corrected chi connectivity index (χ1v) is 6.50. The molecule has 0 aliphatic carbocycles. The standard InChI is InChI=1S/C13H18O3S/c1-9(2)13(16-3)10-4-6-11(7-5-10)17-8-12(14)15/h4-7,9,13H,8H2,1-3H3,(H,14,15). The second kappa shape index (κ2) is 6.67. The summed E-state index contributed by atoms with van der Waals surface area (Å²) in [4.78, 5) is 11.4. The van der Waals surface area contributed by atoms with Crippen molar-refractivity contribution < 1.29 is 14.6 Å². The molecule has 3 nitrogen and oxygen atoms in total. The van der Waals surface area contributed by atoms with E-state index in [4.69, 9.17) is 9.84 Å². The summed E-state index contributed by atoms with van der Waals surface area (Å²) in [6, 6.07) is 7.88. The van der Waals surface area contributed by atoms with E-state index >= 15 is 0 Å². The summed E-state index contributed by atoms with van der Waals surface area (Å²) < 4.78 is 5.43. The monoisotopic (exact) mass is 254 g/mol. The molecular formula is C13H18O3S. The molecule has 0 aromatic heterocycles. The van der Waals surface area contributed by atoms with Crippen molar-refractivity contribution in [1.29, 1.82) is 0 Å². The van der Waals surface area contributed by atoms with Crippen molar-refractivity contribution in [3.8, 4) is 0 Å². The summed E-state index contributed by atoms with van der Waals surface area (Å²) in [6.07, 6.45) is 0.0912. The Bertz CT molecular complexity index is 359. The van der Waals surface area contributed by atoms with Crippen LogP contribution in [-0.2, 0) is 9.53 Å². The van der Waals surface area contributed by atoms with Gasteiger partial charge in [-0.25, -0.2) is 0 Å². The Morgan fingerprint density at radius 2 is 1.94 bits per heavy atom. The van der Waals surface area contributed by atoms with Gasteiger partial charge in [0.25, 0.3) is 0 Å². The van der Waals surface area contributed by atoms with Gasteiger partial charge in [-0.05, 0) is 23.6 Å². The average Bonchev–Trinajstić information content (AvgIpc) is 2.28. The summed E-state index contributed by atoms with van der Waals surface area (Å²) in [5, 5.41) is 8.59. The molecule has 1 atom stereocenters. The number of hydrogen-bond acceptors (Lipinski definition) is 3. The lowest BCUT2D eigenvalue weighted by molar-refractivity contribution is -0.133. The van der Waals surface area contributed by atoms with E-state index in [0.29, 0.717) is 5.92 Å². The van der Waals surface area contributed by atoms with Crippen molar-refractivity contribution in [3.05, 3.63) is 29.8 Å². The van der Waals surface area contributed by atoms with Crippen LogP contribution in [0.5, 0.6) is 0 Å². The predicted octanol–water partition coefficient (Wildman–Crippen LogP) is 3.21. The smallest absolute Gasteiger partial charge is 0.313 e. The molecule has 1 rings (SSSR count). The third-order valence-corrected chi connectivity index (χ3v) is 3.43. The number of rotatable bonds is 6. The van der Waals surface area contributed by atoms with Crippen molar-refractivity contribution in [3.63, 3.8) is 0 Å². The van der Waals surface area contributed by atoms with Crippen LogP contribution in [0.3, 0.4) is 0 Å². The van der Waals surface area contributed by atoms with Crippen molar-refractivity contribution in [2.45, 2.75) is 24.8 Å². The van der Waals surface area contributed by atoms with Gasteiger partial charge in [-0.15, -0.1) is 11.8 Å². The normalized spacial score (nSPS) is 12.7. The fourth-order valence-corrected chi connectivity index (χ4v) is 2.31. The Labute approximate surface area is 106 Å². The van der Waals surface area contributed by atoms with Gasteiger partial charge in [-0.2, -0.15) is 0 Å². The lowest BCUT2D eigenvalue weighted by Gasteiger charge is -2.19. The van der Waals surface area contributed by atoms with E-state index in [9.17, 15) is 4.79 Å². The minimum Gasteiger partial charge on any atom is -0.481 e. The summed E-state index contributed by atoms with van der Waals surface area (Å²) >= 11 is 1.32. The largest absolute Gasteiger partial charge is 0.481 e. The molecule has 0 aliphatic heterocycles. The molecule has 1 unspecified atom stereocenters. The van der Waals surface area contributed by atoms with Gasteiger partial charge in [0, 0.05) is 12.0 Å². The van der Waals surface area contributed by atoms with Gasteiger partial charge in [0.1, 0.15) is 0 Å². The molecule has 0 saturated carbocycles. The number of carbonyl (C=O) groups is 1. The second-order valence-corrected chi connectivity index (χ2v) is 5.20. The maximum Gasteiger partial charge on any atom is 0.313 e. The zero-order valence-corrected chi connectivity index (χ0v) is 11.2. The first-order chi connectivity index (χ1) is 8.04. The second-order valence-electron chi connectivity index (χ2n) is 4.15. The predicted molar refractivity (Wildman–Crippen MR) is 69.4 cm³/mol. The van der Waals surface area contributed by atoms with Crippen LogP contribution in [0.25, 0.3) is 0 Å². The molecule has 0 heterocycles. The van der Waals surface area contributed by atoms with Crippen LogP contribution in [0, 0.1) is 5.92 Å². The Morgan fingerprint density at radius 1 is 1.35 bits per heavy atom. The van der Waals surface area contributed by atoms with Crippen LogP contribution in [0.4, 0.5) is 0 Å². The molecule has 0 radical (unpaired) electrons. The molecular weight excluding hydrogens is 236 g/mol. The highest BCUT2D eigenvalue weighted by atomic mass is 32.2. The van der Waals surface area contributed by atoms with E-state index in [1.54, 1.807) is 7.11 Å². The van der Waals surface area contributed by atoms with Crippen molar-refractivity contribution in [1.82, 2.24) is 0 Å². The lowest BCUT2D eigenvalue weighted by Crippen LogP contribution is -2.08. The highest BCUT2D eigenvalue weighted by Crippen LogP contribution is 2.27. The number of methoxy groups -OCH3 is 1. The fourth-order valence-electron chi connectivity index (χ4n) is 1.69. The van der Waals surface area contributed by atoms with E-state index in [2.05, 4.69) is 13.8 Å². The number of hydrogen-bond donors (Lipinski definition) is 1. The summed E-state index contributed by atoms with van der Waals surface area (Å²) in [6.45, 7) is 4.22. The molecule has 0 aliphatic rings. The third-order valence-electron chi connectivity index (χ3n) is 2.43. The maximum absolute atomic E-state index is 10.4. The number of benzene rings is 1. The quantitative estimate of drug-likeness (QED) is 0.792. The van der Waals surface area contributed by atoms with Gasteiger partial charge >= 0.3 is 5.97 Å². The zero-order valence-electron chi connectivity index (χ0n) is 10.3. The molecule has 1 N–H and O–H groups in total. The van der Waals surface area contributed by atoms with Gasteiger partial charge in [0.05, 0.1) is 11.9 Å². The average molecular weight is 254 g/mol. The molecule has 0 bridgehead atoms. The third kappa shape index (κ3) is 4.40. The highest BCUT2D eigenvalue weighted by molar-refractivity contribution is 8.00. The van der Waals surface area contributed by atoms with Crippen LogP contribution < -0.4 is 0 Å². The molecule has 0 amide bonds. The summed E-state index contributed by atoms with van der Waals surface area (Å²) in [7, 11) is 1.71. The Balaban J connectivity index is 2.69. The summed E-state index contributed by atoms with van der Waals surface area (Å²) in [5.41, 5.74) is 1.13. The number of carboxylic acid groups (broad SMARTS) is 1. The van der Waals surface area contributed by atoms with E-state index in [-0.39, 0.29) is 11.9 Å². The van der Waals surface area contributed by atoms with Gasteiger partial charge in [0.15, 0.2) is 0 Å². The Kier molecular flexibility index (Phi) is 5.51. The highest BCUT2D eigenvalue weighted by Gasteiger charge is 2.14. The molecule has 17 heavy (non-hydrogen) atoms. The van der Waals surface area contributed by atoms with Gasteiger partial charge < -0.3 is 9.84 Å². The number of ether oxygens (including phenoxy) is 1. The van der Waals surface area contributed by atoms with Crippen molar-refractivity contribution >= 4 is 17.7 Å². The first kappa shape index (κ1) is 14.1. The van der Waals surface area contributed by atoms with E-state index in [1.807, 2.05) is 24.3 Å². The van der Waals surface area contributed by atoms with E-state index in [1.165, 1.54) is 11.8 Å². The topological polar surface area (TPSA) is 46.5 Å². The van der Waals surface area contributed by atoms with Crippen molar-refractivity contribution in [2.24, 2.45) is 5.92 Å². The van der Waals surface area contributed by atoms with Gasteiger partial charge in [0.2, 0.25) is 0 Å². The lowest BCUT2D eigenvalue weighted by atomic mass is 9.99. The number of aliphatic carboxylic acids is 1. The number of thioether (sulfide) groups is 1. The molecule has 94 valence electrons. The van der Waals surface area contributed by atoms with E-state index in [0.717, 1.165) is 10.5 Å². The Hall–Kier alpha value is -1.00. The zero-order chi connectivity index (χ0) is 12.8. The van der Waals surface area contributed by atoms with Gasteiger partial charge in [-0.1, -0.05) is 26.0 Å². The number of carboxylic acids is 1. The molecule has 4 heteroatoms. The Morgan fingerprint density at radius 3 is 2.35 bits per heavy atom. The summed E-state index contributed by atoms with van der Waals surface area (Å²) in [5.74, 6) is -0.286. The molecule has 1 aromatic carbocycles. The van der Waals surface area contributed by atoms with Crippen molar-refractivity contribution in [2.75, 3.05) is 12.9 Å². The minimum atomic E-state index is -0.795. The first-order valence-electron chi connectivity index (χ1n) is 5.52. The van der Waals surface area contributed by atoms with Crippen LogP contribution in [0.15, 0.2) is 29.2 Å². The van der Waals surface area contributed by atoms with Crippen LogP contribution in [-0.4, -0.2) is 23.9 Å². The van der Waals surface area contributed by atoms with Crippen LogP contribution >= 0.6 is 11.8 Å². The van der Waals surface area contributed by atoms with Crippen LogP contribution in [0.2, 0.25) is 0 Å². The van der Waals surface area contributed by atoms with E-state index < -0.39 is 5.97 Å². The molecule has 0 fully saturated rings. The molecule has 0 spiro atoms. The van der Waals surface area contributed by atoms with Gasteiger partial charge in [-0.3, -0.25) is 4.79 Å². The molecule has 1 aromatic rings. The van der Waals surface area contributed by atoms with Crippen LogP contribution in [0.1, 0.15) is 25.5 Å². The minimum absolute atomic E-state index is 0.0912. The maximum atomic E-state index is 10.4.